The highest BCUT2D eigenvalue weighted by Crippen LogP contribution is 2.17. The number of unbranched alkanes of at least 4 members (excludes halogenated alkanes) is 7. The lowest BCUT2D eigenvalue weighted by atomic mass is 10.1. The molecular weight excluding hydrogens is 419 g/mol. The third-order valence-corrected chi connectivity index (χ3v) is 5.51. The largest absolute Gasteiger partial charge is 0.330 e. The van der Waals surface area contributed by atoms with E-state index in [9.17, 15) is 9.59 Å². The molecule has 0 fully saturated rings. The van der Waals surface area contributed by atoms with E-state index in [1.807, 2.05) is 0 Å². The van der Waals surface area contributed by atoms with E-state index in [2.05, 4.69) is 0 Å². The predicted molar refractivity (Wildman–Crippen MR) is 124 cm³/mol. The molecule has 0 spiro atoms. The first-order valence-corrected chi connectivity index (χ1v) is 11.4. The summed E-state index contributed by atoms with van der Waals surface area (Å²) < 4.78 is 0. The number of imide groups is 1. The molecule has 2 aromatic carbocycles. The standard InChI is InChI=1S/C24H30Cl2N2O2/c25-21-13-9-19(10-14-21)23(29)28(24(30)20-11-15-22(26)16-12-20)18-8-6-4-2-1-3-5-7-17-27/h9-16H,1-8,17-18,27H2. The van der Waals surface area contributed by atoms with Gasteiger partial charge in [-0.25, -0.2) is 0 Å². The van der Waals surface area contributed by atoms with Crippen molar-refractivity contribution in [2.45, 2.75) is 51.4 Å². The van der Waals surface area contributed by atoms with E-state index >= 15 is 0 Å². The van der Waals surface area contributed by atoms with Crippen molar-refractivity contribution in [3.05, 3.63) is 69.7 Å². The monoisotopic (exact) mass is 448 g/mol. The molecule has 0 radical (unpaired) electrons. The van der Waals surface area contributed by atoms with Crippen LogP contribution in [0.3, 0.4) is 0 Å². The van der Waals surface area contributed by atoms with Gasteiger partial charge in [0, 0.05) is 27.7 Å². The number of nitrogens with two attached hydrogens (primary N) is 1. The number of benzene rings is 2. The van der Waals surface area contributed by atoms with Gasteiger partial charge in [0.05, 0.1) is 0 Å². The molecule has 6 heteroatoms. The maximum absolute atomic E-state index is 13.0. The summed E-state index contributed by atoms with van der Waals surface area (Å²) in [6, 6.07) is 13.2. The molecule has 4 nitrogen and oxygen atoms in total. The first-order chi connectivity index (χ1) is 14.5. The van der Waals surface area contributed by atoms with Gasteiger partial charge in [0.15, 0.2) is 0 Å². The molecule has 0 aliphatic rings. The molecule has 162 valence electrons. The lowest BCUT2D eigenvalue weighted by Gasteiger charge is -2.21. The highest BCUT2D eigenvalue weighted by Gasteiger charge is 2.23. The van der Waals surface area contributed by atoms with E-state index in [4.69, 9.17) is 28.9 Å². The number of carbonyl (C=O) groups is 2. The molecule has 2 aromatic rings. The van der Waals surface area contributed by atoms with Crippen molar-refractivity contribution in [3.8, 4) is 0 Å². The Hall–Kier alpha value is -1.88. The number of rotatable bonds is 12. The van der Waals surface area contributed by atoms with Crippen LogP contribution in [-0.2, 0) is 0 Å². The summed E-state index contributed by atoms with van der Waals surface area (Å²) in [5.74, 6) is -0.623. The summed E-state index contributed by atoms with van der Waals surface area (Å²) in [4.78, 5) is 27.4. The Bertz CT molecular complexity index is 734. The number of hydrogen-bond donors (Lipinski definition) is 1. The molecule has 0 saturated carbocycles. The van der Waals surface area contributed by atoms with Crippen LogP contribution in [0.25, 0.3) is 0 Å². The molecule has 0 aromatic heterocycles. The fourth-order valence-corrected chi connectivity index (χ4v) is 3.52. The molecule has 0 bridgehead atoms. The van der Waals surface area contributed by atoms with Crippen LogP contribution in [0.2, 0.25) is 10.0 Å². The summed E-state index contributed by atoms with van der Waals surface area (Å²) in [6.45, 7) is 1.15. The Morgan fingerprint density at radius 1 is 0.633 bits per heavy atom. The molecule has 0 saturated heterocycles. The first-order valence-electron chi connectivity index (χ1n) is 10.6. The molecule has 30 heavy (non-hydrogen) atoms. The van der Waals surface area contributed by atoms with Gasteiger partial charge in [-0.05, 0) is 67.9 Å². The lowest BCUT2D eigenvalue weighted by Crippen LogP contribution is -2.37. The van der Waals surface area contributed by atoms with Crippen molar-refractivity contribution >= 4 is 35.0 Å². The number of amides is 2. The van der Waals surface area contributed by atoms with Gasteiger partial charge in [-0.1, -0.05) is 61.7 Å². The Balaban J connectivity index is 1.95. The minimum Gasteiger partial charge on any atom is -0.330 e. The maximum atomic E-state index is 13.0. The van der Waals surface area contributed by atoms with Crippen molar-refractivity contribution in [3.63, 3.8) is 0 Å². The minimum absolute atomic E-state index is 0.312. The number of halogens is 2. The zero-order valence-corrected chi connectivity index (χ0v) is 18.8. The van der Waals surface area contributed by atoms with Gasteiger partial charge in [0.1, 0.15) is 0 Å². The molecule has 2 rings (SSSR count). The van der Waals surface area contributed by atoms with Gasteiger partial charge in [0.25, 0.3) is 11.8 Å². The Morgan fingerprint density at radius 3 is 1.40 bits per heavy atom. The van der Waals surface area contributed by atoms with E-state index in [1.165, 1.54) is 30.6 Å². The first kappa shape index (κ1) is 24.4. The van der Waals surface area contributed by atoms with Crippen molar-refractivity contribution < 1.29 is 9.59 Å². The third kappa shape index (κ3) is 8.10. The van der Waals surface area contributed by atoms with Gasteiger partial charge in [0.2, 0.25) is 0 Å². The molecule has 0 aliphatic carbocycles. The second-order valence-corrected chi connectivity index (χ2v) is 8.27. The van der Waals surface area contributed by atoms with Crippen molar-refractivity contribution in [2.75, 3.05) is 13.1 Å². The quantitative estimate of drug-likeness (QED) is 0.303. The fraction of sp³-hybridized carbons (Fsp3) is 0.417. The van der Waals surface area contributed by atoms with Crippen LogP contribution in [0.5, 0.6) is 0 Å². The average molecular weight is 449 g/mol. The Morgan fingerprint density at radius 2 is 1.00 bits per heavy atom. The van der Waals surface area contributed by atoms with E-state index in [0.717, 1.165) is 32.2 Å². The molecule has 0 atom stereocenters. The van der Waals surface area contributed by atoms with Crippen LogP contribution in [0.1, 0.15) is 72.1 Å². The van der Waals surface area contributed by atoms with Crippen LogP contribution >= 0.6 is 23.2 Å². The van der Waals surface area contributed by atoms with Gasteiger partial charge in [-0.3, -0.25) is 14.5 Å². The van der Waals surface area contributed by atoms with Gasteiger partial charge in [-0.15, -0.1) is 0 Å². The normalized spacial score (nSPS) is 10.8. The van der Waals surface area contributed by atoms with Crippen LogP contribution in [0.15, 0.2) is 48.5 Å². The minimum atomic E-state index is -0.312. The smallest absolute Gasteiger partial charge is 0.260 e. The second kappa shape index (κ2) is 13.4. The van der Waals surface area contributed by atoms with Crippen molar-refractivity contribution in [1.82, 2.24) is 4.90 Å². The molecule has 2 N–H and O–H groups in total. The summed E-state index contributed by atoms with van der Waals surface area (Å²) >= 11 is 11.9. The highest BCUT2D eigenvalue weighted by molar-refractivity contribution is 6.31. The van der Waals surface area contributed by atoms with E-state index in [0.29, 0.717) is 27.7 Å². The highest BCUT2D eigenvalue weighted by atomic mass is 35.5. The molecule has 0 aliphatic heterocycles. The summed E-state index contributed by atoms with van der Waals surface area (Å²) in [5, 5.41) is 1.10. The van der Waals surface area contributed by atoms with Crippen molar-refractivity contribution in [2.24, 2.45) is 5.73 Å². The average Bonchev–Trinajstić information content (AvgIpc) is 2.75. The van der Waals surface area contributed by atoms with Crippen LogP contribution < -0.4 is 5.73 Å². The van der Waals surface area contributed by atoms with Crippen molar-refractivity contribution in [1.29, 1.82) is 0 Å². The number of carbonyl (C=O) groups excluding carboxylic acids is 2. The van der Waals surface area contributed by atoms with E-state index in [-0.39, 0.29) is 11.8 Å². The molecular formula is C24H30Cl2N2O2. The zero-order valence-electron chi connectivity index (χ0n) is 17.3. The second-order valence-electron chi connectivity index (χ2n) is 7.39. The third-order valence-electron chi connectivity index (χ3n) is 5.01. The van der Waals surface area contributed by atoms with Crippen LogP contribution in [-0.4, -0.2) is 29.8 Å². The lowest BCUT2D eigenvalue weighted by molar-refractivity contribution is 0.0613. The summed E-state index contributed by atoms with van der Waals surface area (Å²) in [6.07, 6.45) is 8.73. The van der Waals surface area contributed by atoms with Crippen LogP contribution in [0, 0.1) is 0 Å². The summed E-state index contributed by atoms with van der Waals surface area (Å²) in [5.41, 5.74) is 6.40. The maximum Gasteiger partial charge on any atom is 0.260 e. The SMILES string of the molecule is NCCCCCCCCCCN(C(=O)c1ccc(Cl)cc1)C(=O)c1ccc(Cl)cc1. The Labute approximate surface area is 189 Å². The van der Waals surface area contributed by atoms with Crippen LogP contribution in [0.4, 0.5) is 0 Å². The topological polar surface area (TPSA) is 63.4 Å². The summed E-state index contributed by atoms with van der Waals surface area (Å²) in [7, 11) is 0. The molecule has 2 amide bonds. The van der Waals surface area contributed by atoms with Gasteiger partial charge < -0.3 is 5.73 Å². The molecule has 0 heterocycles. The van der Waals surface area contributed by atoms with Gasteiger partial charge >= 0.3 is 0 Å². The fourth-order valence-electron chi connectivity index (χ4n) is 3.27. The Kier molecular flexibility index (Phi) is 10.9. The molecule has 0 unspecified atom stereocenters. The van der Waals surface area contributed by atoms with E-state index in [1.54, 1.807) is 48.5 Å². The van der Waals surface area contributed by atoms with E-state index < -0.39 is 0 Å². The van der Waals surface area contributed by atoms with Gasteiger partial charge in [-0.2, -0.15) is 0 Å². The predicted octanol–water partition coefficient (Wildman–Crippen LogP) is 6.36. The number of hydrogen-bond acceptors (Lipinski definition) is 3. The number of nitrogens with zero attached hydrogens (tertiary/aromatic N) is 1. The zero-order chi connectivity index (χ0) is 21.8.